The Bertz CT molecular complexity index is 1180. The molecule has 32 heavy (non-hydrogen) atoms. The van der Waals surface area contributed by atoms with Crippen molar-refractivity contribution in [2.75, 3.05) is 32.0 Å². The van der Waals surface area contributed by atoms with Crippen molar-refractivity contribution >= 4 is 17.4 Å². The largest absolute Gasteiger partial charge is 0.493 e. The first-order chi connectivity index (χ1) is 15.6. The van der Waals surface area contributed by atoms with E-state index in [0.717, 1.165) is 11.5 Å². The van der Waals surface area contributed by atoms with Gasteiger partial charge in [-0.2, -0.15) is 0 Å². The van der Waals surface area contributed by atoms with Crippen molar-refractivity contribution in [1.82, 2.24) is 10.3 Å². The number of ether oxygens (including phenoxy) is 3. The van der Waals surface area contributed by atoms with E-state index >= 15 is 0 Å². The first-order valence-corrected chi connectivity index (χ1v) is 10.1. The maximum atomic E-state index is 13.5. The van der Waals surface area contributed by atoms with Crippen LogP contribution in [-0.2, 0) is 4.79 Å². The molecule has 2 atom stereocenters. The topological polar surface area (TPSA) is 121 Å². The molecule has 10 heteroatoms. The third-order valence-electron chi connectivity index (χ3n) is 5.83. The minimum absolute atomic E-state index is 0.0171. The van der Waals surface area contributed by atoms with Gasteiger partial charge >= 0.3 is 0 Å². The number of carbonyl (C=O) groups is 1. The summed E-state index contributed by atoms with van der Waals surface area (Å²) in [6.45, 7) is 0. The minimum atomic E-state index is -0.578. The quantitative estimate of drug-likeness (QED) is 0.610. The van der Waals surface area contributed by atoms with Crippen molar-refractivity contribution in [3.63, 3.8) is 0 Å². The summed E-state index contributed by atoms with van der Waals surface area (Å²) in [7, 11) is 4.64. The lowest BCUT2D eigenvalue weighted by atomic mass is 9.80. The highest BCUT2D eigenvalue weighted by molar-refractivity contribution is 6.01. The van der Waals surface area contributed by atoms with Gasteiger partial charge in [0.2, 0.25) is 17.4 Å². The van der Waals surface area contributed by atoms with Gasteiger partial charge in [0.15, 0.2) is 17.3 Å². The summed E-state index contributed by atoms with van der Waals surface area (Å²) in [5, 5.41) is 14.4. The average Bonchev–Trinajstić information content (AvgIpc) is 3.47. The van der Waals surface area contributed by atoms with Gasteiger partial charge in [-0.3, -0.25) is 4.79 Å². The first kappa shape index (κ1) is 20.0. The van der Waals surface area contributed by atoms with Gasteiger partial charge in [-0.25, -0.2) is 4.63 Å². The lowest BCUT2D eigenvalue weighted by Crippen LogP contribution is -2.27. The summed E-state index contributed by atoms with van der Waals surface area (Å²) in [6, 6.07) is 6.74. The van der Waals surface area contributed by atoms with E-state index in [-0.39, 0.29) is 11.7 Å². The van der Waals surface area contributed by atoms with Crippen LogP contribution in [0, 0.1) is 0 Å². The fraction of sp³-hybridized carbons (Fsp3) is 0.318. The Morgan fingerprint density at radius 3 is 2.53 bits per heavy atom. The molecule has 3 aromatic rings. The molecule has 0 bridgehead atoms. The molecule has 10 nitrogen and oxygen atoms in total. The zero-order chi connectivity index (χ0) is 22.2. The molecule has 2 N–H and O–H groups in total. The average molecular weight is 438 g/mol. The van der Waals surface area contributed by atoms with Gasteiger partial charge in [0.05, 0.1) is 33.6 Å². The van der Waals surface area contributed by atoms with Crippen molar-refractivity contribution in [3.05, 3.63) is 53.1 Å². The number of fused-ring (bicyclic) bond motifs is 1. The zero-order valence-electron chi connectivity index (χ0n) is 17.8. The van der Waals surface area contributed by atoms with Crippen LogP contribution in [0.15, 0.2) is 50.8 Å². The van der Waals surface area contributed by atoms with Crippen LogP contribution < -0.4 is 24.8 Å². The molecule has 0 radical (unpaired) electrons. The summed E-state index contributed by atoms with van der Waals surface area (Å²) >= 11 is 0. The molecule has 0 saturated carbocycles. The third-order valence-corrected chi connectivity index (χ3v) is 5.83. The van der Waals surface area contributed by atoms with Crippen LogP contribution in [0.25, 0.3) is 0 Å². The van der Waals surface area contributed by atoms with Crippen molar-refractivity contribution in [3.8, 4) is 17.2 Å². The molecule has 2 aromatic heterocycles. The van der Waals surface area contributed by atoms with Crippen LogP contribution in [0.5, 0.6) is 17.2 Å². The molecule has 0 unspecified atom stereocenters. The third kappa shape index (κ3) is 3.15. The van der Waals surface area contributed by atoms with E-state index < -0.39 is 6.04 Å². The summed E-state index contributed by atoms with van der Waals surface area (Å²) in [6.07, 6.45) is 2.49. The second kappa shape index (κ2) is 7.95. The maximum Gasteiger partial charge on any atom is 0.219 e. The maximum absolute atomic E-state index is 13.5. The van der Waals surface area contributed by atoms with Gasteiger partial charge in [0, 0.05) is 29.2 Å². The second-order valence-corrected chi connectivity index (χ2v) is 7.52. The summed E-state index contributed by atoms with van der Waals surface area (Å²) in [4.78, 5) is 13.5. The molecular formula is C22H22N4O6. The number of Topliss-reactive ketones (excluding diaryl/α,β-unsaturated/α-hetero) is 1. The number of allylic oxidation sites excluding steroid dienone is 1. The number of rotatable bonds is 5. The highest BCUT2D eigenvalue weighted by Crippen LogP contribution is 2.48. The Labute approximate surface area is 183 Å². The van der Waals surface area contributed by atoms with Crippen LogP contribution in [0.2, 0.25) is 0 Å². The number of nitrogens with zero attached hydrogens (tertiary/aromatic N) is 2. The normalized spacial score (nSPS) is 19.9. The lowest BCUT2D eigenvalue weighted by Gasteiger charge is -2.29. The van der Waals surface area contributed by atoms with E-state index in [2.05, 4.69) is 20.9 Å². The zero-order valence-corrected chi connectivity index (χ0v) is 17.8. The molecule has 3 heterocycles. The molecule has 0 amide bonds. The predicted molar refractivity (Wildman–Crippen MR) is 113 cm³/mol. The number of methoxy groups -OCH3 is 3. The molecule has 166 valence electrons. The van der Waals surface area contributed by atoms with E-state index in [4.69, 9.17) is 23.3 Å². The molecule has 0 saturated heterocycles. The van der Waals surface area contributed by atoms with Crippen LogP contribution in [-0.4, -0.2) is 37.4 Å². The van der Waals surface area contributed by atoms with Crippen molar-refractivity contribution in [2.24, 2.45) is 0 Å². The van der Waals surface area contributed by atoms with Gasteiger partial charge in [0.25, 0.3) is 0 Å². The van der Waals surface area contributed by atoms with Crippen molar-refractivity contribution < 1.29 is 28.1 Å². The standard InChI is InChI=1S/C22H22N4O6/c1-28-16-7-6-12(19(29-2)20(16)30-3)18-17-13(23-21-22(24-18)26-32-25-21)9-11(10-14(17)27)15-5-4-8-31-15/h4-8,11,18H,9-10H2,1-3H3,(H,23,25)(H,24,26)/t11-,18-/m1/s1. The molecule has 1 aliphatic heterocycles. The van der Waals surface area contributed by atoms with Gasteiger partial charge in [-0.15, -0.1) is 0 Å². The number of hydrogen-bond acceptors (Lipinski definition) is 10. The predicted octanol–water partition coefficient (Wildman–Crippen LogP) is 3.67. The van der Waals surface area contributed by atoms with E-state index in [9.17, 15) is 4.79 Å². The number of anilines is 2. The molecule has 2 aliphatic rings. The second-order valence-electron chi connectivity index (χ2n) is 7.52. The molecule has 5 rings (SSSR count). The molecule has 1 aliphatic carbocycles. The van der Waals surface area contributed by atoms with E-state index in [1.807, 2.05) is 18.2 Å². The molecule has 0 fully saturated rings. The number of furan rings is 1. The van der Waals surface area contributed by atoms with Gasteiger partial charge in [-0.05, 0) is 41.0 Å². The Balaban J connectivity index is 1.66. The first-order valence-electron chi connectivity index (χ1n) is 10.1. The van der Waals surface area contributed by atoms with Crippen LogP contribution in [0.3, 0.4) is 0 Å². The van der Waals surface area contributed by atoms with Crippen LogP contribution in [0.1, 0.15) is 36.1 Å². The highest BCUT2D eigenvalue weighted by Gasteiger charge is 2.39. The van der Waals surface area contributed by atoms with E-state index in [0.29, 0.717) is 52.9 Å². The number of carbonyl (C=O) groups excluding carboxylic acids is 1. The molecule has 1 aromatic carbocycles. The smallest absolute Gasteiger partial charge is 0.219 e. The molecule has 0 spiro atoms. The van der Waals surface area contributed by atoms with Crippen LogP contribution >= 0.6 is 0 Å². The molecular weight excluding hydrogens is 416 g/mol. The Morgan fingerprint density at radius 2 is 1.81 bits per heavy atom. The monoisotopic (exact) mass is 438 g/mol. The van der Waals surface area contributed by atoms with Crippen molar-refractivity contribution in [2.45, 2.75) is 24.8 Å². The Hall–Kier alpha value is -3.95. The summed E-state index contributed by atoms with van der Waals surface area (Å²) in [5.74, 6) is 2.87. The van der Waals surface area contributed by atoms with E-state index in [1.54, 1.807) is 26.5 Å². The fourth-order valence-corrected chi connectivity index (χ4v) is 4.41. The number of nitrogens with one attached hydrogen (secondary N) is 2. The lowest BCUT2D eigenvalue weighted by molar-refractivity contribution is -0.116. The number of hydrogen-bond donors (Lipinski definition) is 2. The Morgan fingerprint density at radius 1 is 1.00 bits per heavy atom. The van der Waals surface area contributed by atoms with Gasteiger partial charge in [0.1, 0.15) is 5.76 Å². The number of ketones is 1. The SMILES string of the molecule is COc1ccc([C@H]2Nc3nonc3NC3=C2C(=O)C[C@H](c2ccco2)C3)c(OC)c1OC. The Kier molecular flexibility index (Phi) is 4.96. The van der Waals surface area contributed by atoms with Crippen molar-refractivity contribution in [1.29, 1.82) is 0 Å². The summed E-state index contributed by atoms with van der Waals surface area (Å²) in [5.41, 5.74) is 2.00. The van der Waals surface area contributed by atoms with E-state index in [1.165, 1.54) is 7.11 Å². The van der Waals surface area contributed by atoms with Gasteiger partial charge < -0.3 is 29.3 Å². The minimum Gasteiger partial charge on any atom is -0.493 e. The fourth-order valence-electron chi connectivity index (χ4n) is 4.41. The number of aromatic nitrogens is 2. The summed E-state index contributed by atoms with van der Waals surface area (Å²) < 4.78 is 27.2. The van der Waals surface area contributed by atoms with Crippen LogP contribution in [0.4, 0.5) is 11.6 Å². The highest BCUT2D eigenvalue weighted by atomic mass is 16.6. The number of benzene rings is 1. The van der Waals surface area contributed by atoms with Gasteiger partial charge in [-0.1, -0.05) is 0 Å².